The van der Waals surface area contributed by atoms with Crippen molar-refractivity contribution in [3.05, 3.63) is 83.4 Å². The van der Waals surface area contributed by atoms with Crippen LogP contribution in [0.15, 0.2) is 71.6 Å². The summed E-state index contributed by atoms with van der Waals surface area (Å²) in [6.45, 7) is 7.38. The van der Waals surface area contributed by atoms with Crippen LogP contribution in [0, 0.1) is 19.8 Å². The third-order valence-corrected chi connectivity index (χ3v) is 9.51. The van der Waals surface area contributed by atoms with E-state index in [0.29, 0.717) is 27.5 Å². The number of thiazole rings is 1. The van der Waals surface area contributed by atoms with Gasteiger partial charge in [0.2, 0.25) is 10.0 Å². The molecule has 0 spiro atoms. The number of nitrogens with two attached hydrogens (primary N) is 1. The van der Waals surface area contributed by atoms with Gasteiger partial charge in [0.15, 0.2) is 11.7 Å². The molecule has 0 fully saturated rings. The third kappa shape index (κ3) is 7.86. The first-order valence-corrected chi connectivity index (χ1v) is 16.1. The quantitative estimate of drug-likeness (QED) is 0.205. The maximum atomic E-state index is 13.8. The highest BCUT2D eigenvalue weighted by Gasteiger charge is 2.31. The molecule has 1 heterocycles. The Balaban J connectivity index is 1.56. The summed E-state index contributed by atoms with van der Waals surface area (Å²) >= 11 is 1.21. The number of aliphatic hydroxyl groups is 1. The molecule has 3 aromatic carbocycles. The van der Waals surface area contributed by atoms with Gasteiger partial charge in [-0.2, -0.15) is 4.31 Å². The average Bonchev–Trinajstić information content (AvgIpc) is 3.31. The first-order chi connectivity index (χ1) is 19.9. The lowest BCUT2D eigenvalue weighted by Crippen LogP contribution is -2.52. The Hall–Kier alpha value is -3.51. The van der Waals surface area contributed by atoms with Crippen molar-refractivity contribution in [1.82, 2.24) is 14.6 Å². The number of rotatable bonds is 13. The number of hydrogen-bond acceptors (Lipinski definition) is 8. The van der Waals surface area contributed by atoms with Gasteiger partial charge in [-0.25, -0.2) is 13.4 Å². The molecule has 4 rings (SSSR count). The fraction of sp³-hybridized carbons (Fsp3) is 0.355. The molecule has 224 valence electrons. The summed E-state index contributed by atoms with van der Waals surface area (Å²) in [5.74, 6) is 0.216. The molecule has 0 bridgehead atoms. The Morgan fingerprint density at radius 1 is 1.05 bits per heavy atom. The van der Waals surface area contributed by atoms with Gasteiger partial charge in [-0.1, -0.05) is 73.7 Å². The Morgan fingerprint density at radius 2 is 1.74 bits per heavy atom. The number of carbonyl (C=O) groups excluding carboxylic acids is 1. The molecule has 42 heavy (non-hydrogen) atoms. The van der Waals surface area contributed by atoms with E-state index in [1.54, 1.807) is 12.1 Å². The number of nitrogens with one attached hydrogen (secondary N) is 1. The molecule has 4 N–H and O–H groups in total. The van der Waals surface area contributed by atoms with E-state index in [-0.39, 0.29) is 30.5 Å². The van der Waals surface area contributed by atoms with Crippen molar-refractivity contribution < 1.29 is 23.1 Å². The molecule has 1 aromatic heterocycles. The number of fused-ring (bicyclic) bond motifs is 1. The van der Waals surface area contributed by atoms with Crippen LogP contribution < -0.4 is 15.8 Å². The number of anilines is 1. The third-order valence-electron chi connectivity index (χ3n) is 6.84. The Bertz CT molecular complexity index is 1600. The number of carbonyl (C=O) groups is 1. The maximum Gasteiger partial charge on any atom is 0.258 e. The van der Waals surface area contributed by atoms with Gasteiger partial charge in [0.1, 0.15) is 5.75 Å². The number of ether oxygens (including phenoxy) is 1. The molecular weight excluding hydrogens is 572 g/mol. The second kappa shape index (κ2) is 13.6. The zero-order valence-corrected chi connectivity index (χ0v) is 25.9. The van der Waals surface area contributed by atoms with Gasteiger partial charge in [0, 0.05) is 13.1 Å². The lowest BCUT2D eigenvalue weighted by molar-refractivity contribution is -0.124. The van der Waals surface area contributed by atoms with E-state index in [0.717, 1.165) is 16.7 Å². The zero-order valence-electron chi connectivity index (χ0n) is 24.3. The molecule has 2 unspecified atom stereocenters. The van der Waals surface area contributed by atoms with Gasteiger partial charge in [-0.15, -0.1) is 0 Å². The number of nitrogens with zero attached hydrogens (tertiary/aromatic N) is 2. The number of para-hydroxylation sites is 1. The van der Waals surface area contributed by atoms with Crippen LogP contribution >= 0.6 is 11.3 Å². The minimum Gasteiger partial charge on any atom is -0.483 e. The number of amides is 1. The fourth-order valence-electron chi connectivity index (χ4n) is 4.81. The van der Waals surface area contributed by atoms with Crippen molar-refractivity contribution in [2.24, 2.45) is 5.92 Å². The number of sulfonamides is 1. The lowest BCUT2D eigenvalue weighted by atomic mass is 10.0. The topological polar surface area (TPSA) is 135 Å². The van der Waals surface area contributed by atoms with Crippen LogP contribution in [0.2, 0.25) is 0 Å². The normalized spacial score (nSPS) is 13.4. The van der Waals surface area contributed by atoms with Crippen molar-refractivity contribution in [2.45, 2.75) is 51.2 Å². The smallest absolute Gasteiger partial charge is 0.258 e. The minimum atomic E-state index is -3.99. The summed E-state index contributed by atoms with van der Waals surface area (Å²) in [6.07, 6.45) is -0.899. The van der Waals surface area contributed by atoms with Crippen LogP contribution in [0.5, 0.6) is 5.75 Å². The van der Waals surface area contributed by atoms with Crippen LogP contribution in [0.1, 0.15) is 30.5 Å². The van der Waals surface area contributed by atoms with Crippen LogP contribution in [0.3, 0.4) is 0 Å². The van der Waals surface area contributed by atoms with Crippen LogP contribution in [-0.2, 0) is 21.2 Å². The standard InChI is InChI=1S/C31H38N4O5S2/c1-20(2)17-35(42(38,39)24-13-14-25-28(16-24)41-31(32)34-25)18-27(36)26(15-23-11-6-5-7-12-23)33-29(37)19-40-30-21(3)9-8-10-22(30)4/h5-14,16,20,26-27,36H,15,17-19H2,1-4H3,(H2,32,34)(H,33,37). The van der Waals surface area contributed by atoms with Gasteiger partial charge in [0.25, 0.3) is 5.91 Å². The van der Waals surface area contributed by atoms with Crippen molar-refractivity contribution in [3.8, 4) is 5.75 Å². The van der Waals surface area contributed by atoms with Gasteiger partial charge in [0.05, 0.1) is 27.3 Å². The van der Waals surface area contributed by atoms with Crippen molar-refractivity contribution >= 4 is 42.6 Å². The van der Waals surface area contributed by atoms with E-state index in [4.69, 9.17) is 10.5 Å². The predicted octanol–water partition coefficient (Wildman–Crippen LogP) is 4.31. The monoisotopic (exact) mass is 610 g/mol. The van der Waals surface area contributed by atoms with E-state index in [2.05, 4.69) is 10.3 Å². The summed E-state index contributed by atoms with van der Waals surface area (Å²) in [6, 6.07) is 19.1. The number of hydrogen-bond donors (Lipinski definition) is 3. The van der Waals surface area contributed by atoms with Crippen molar-refractivity contribution in [1.29, 1.82) is 0 Å². The van der Waals surface area contributed by atoms with Crippen molar-refractivity contribution in [3.63, 3.8) is 0 Å². The maximum absolute atomic E-state index is 13.8. The second-order valence-corrected chi connectivity index (χ2v) is 13.8. The summed E-state index contributed by atoms with van der Waals surface area (Å²) < 4.78 is 35.5. The lowest BCUT2D eigenvalue weighted by Gasteiger charge is -2.30. The molecule has 0 aliphatic rings. The van der Waals surface area contributed by atoms with Gasteiger partial charge >= 0.3 is 0 Å². The molecular formula is C31H38N4O5S2. The first-order valence-electron chi connectivity index (χ1n) is 13.8. The summed E-state index contributed by atoms with van der Waals surface area (Å²) in [5, 5.41) is 14.7. The van der Waals surface area contributed by atoms with Gasteiger partial charge < -0.3 is 20.9 Å². The Morgan fingerprint density at radius 3 is 2.40 bits per heavy atom. The number of aliphatic hydroxyl groups excluding tert-OH is 1. The molecule has 11 heteroatoms. The van der Waals surface area contributed by atoms with Gasteiger partial charge in [-0.05, 0) is 61.1 Å². The molecule has 0 aliphatic carbocycles. The highest BCUT2D eigenvalue weighted by atomic mass is 32.2. The SMILES string of the molecule is Cc1cccc(C)c1OCC(=O)NC(Cc1ccccc1)C(O)CN(CC(C)C)S(=O)(=O)c1ccc2nc(N)sc2c1. The largest absolute Gasteiger partial charge is 0.483 e. The number of aromatic nitrogens is 1. The molecule has 2 atom stereocenters. The first kappa shape index (κ1) is 31.4. The minimum absolute atomic E-state index is 0.0114. The van der Waals surface area contributed by atoms with Crippen LogP contribution in [0.25, 0.3) is 10.2 Å². The number of nitrogen functional groups attached to an aromatic ring is 1. The second-order valence-electron chi connectivity index (χ2n) is 10.8. The predicted molar refractivity (Wildman–Crippen MR) is 167 cm³/mol. The van der Waals surface area contributed by atoms with Crippen LogP contribution in [-0.4, -0.2) is 60.6 Å². The molecule has 1 amide bonds. The Kier molecular flexibility index (Phi) is 10.2. The molecule has 0 saturated heterocycles. The molecule has 9 nitrogen and oxygen atoms in total. The van der Waals surface area contributed by atoms with E-state index >= 15 is 0 Å². The number of aryl methyl sites for hydroxylation is 2. The van der Waals surface area contributed by atoms with Crippen LogP contribution in [0.4, 0.5) is 5.13 Å². The molecule has 0 radical (unpaired) electrons. The fourth-order valence-corrected chi connectivity index (χ4v) is 7.31. The highest BCUT2D eigenvalue weighted by Crippen LogP contribution is 2.28. The number of benzene rings is 3. The summed E-state index contributed by atoms with van der Waals surface area (Å²) in [5.41, 5.74) is 9.16. The van der Waals surface area contributed by atoms with Crippen molar-refractivity contribution in [2.75, 3.05) is 25.4 Å². The van der Waals surface area contributed by atoms with E-state index in [9.17, 15) is 18.3 Å². The molecule has 4 aromatic rings. The van der Waals surface area contributed by atoms with E-state index in [1.807, 2.05) is 76.2 Å². The van der Waals surface area contributed by atoms with Gasteiger partial charge in [-0.3, -0.25) is 4.79 Å². The molecule has 0 aliphatic heterocycles. The highest BCUT2D eigenvalue weighted by molar-refractivity contribution is 7.89. The average molecular weight is 611 g/mol. The summed E-state index contributed by atoms with van der Waals surface area (Å²) in [4.78, 5) is 17.4. The summed E-state index contributed by atoms with van der Waals surface area (Å²) in [7, 11) is -3.99. The van der Waals surface area contributed by atoms with E-state index in [1.165, 1.54) is 21.7 Å². The van der Waals surface area contributed by atoms with E-state index < -0.39 is 28.1 Å². The zero-order chi connectivity index (χ0) is 30.4. The Labute approximate surface area is 251 Å². The molecule has 0 saturated carbocycles.